The molecule has 14 heavy (non-hydrogen) atoms. The van der Waals surface area contributed by atoms with Gasteiger partial charge in [-0.2, -0.15) is 16.9 Å². The van der Waals surface area contributed by atoms with Crippen molar-refractivity contribution in [2.75, 3.05) is 6.26 Å². The van der Waals surface area contributed by atoms with E-state index in [1.807, 2.05) is 29.3 Å². The number of thioether (sulfide) groups is 1. The lowest BCUT2D eigenvalue weighted by atomic mass is 10.2. The second kappa shape index (κ2) is 3.61. The molecular formula is C10H13N3S. The Morgan fingerprint density at radius 3 is 2.93 bits per heavy atom. The molecule has 2 rings (SSSR count). The van der Waals surface area contributed by atoms with Gasteiger partial charge in [-0.25, -0.2) is 9.50 Å². The van der Waals surface area contributed by atoms with Gasteiger partial charge in [-0.1, -0.05) is 6.07 Å². The standard InChI is InChI=1S/C10H13N3S/c1-7(14-3)9-4-5-10-11-8(2)12-13(10)6-9/h4-7H,1-3H3. The molecule has 1 unspecified atom stereocenters. The van der Waals surface area contributed by atoms with Crippen LogP contribution in [0.15, 0.2) is 18.3 Å². The minimum absolute atomic E-state index is 0.504. The number of hydrogen-bond acceptors (Lipinski definition) is 3. The van der Waals surface area contributed by atoms with Crippen LogP contribution in [0, 0.1) is 6.92 Å². The minimum atomic E-state index is 0.504. The fraction of sp³-hybridized carbons (Fsp3) is 0.400. The van der Waals surface area contributed by atoms with E-state index in [9.17, 15) is 0 Å². The molecule has 1 atom stereocenters. The van der Waals surface area contributed by atoms with Crippen LogP contribution in [0.2, 0.25) is 0 Å². The Morgan fingerprint density at radius 2 is 2.21 bits per heavy atom. The van der Waals surface area contributed by atoms with Crippen molar-refractivity contribution >= 4 is 17.4 Å². The third-order valence-electron chi connectivity index (χ3n) is 2.28. The van der Waals surface area contributed by atoms with Crippen molar-refractivity contribution < 1.29 is 0 Å². The van der Waals surface area contributed by atoms with Crippen LogP contribution in [0.4, 0.5) is 0 Å². The van der Waals surface area contributed by atoms with E-state index < -0.39 is 0 Å². The van der Waals surface area contributed by atoms with Crippen LogP contribution in [0.3, 0.4) is 0 Å². The predicted molar refractivity (Wildman–Crippen MR) is 59.7 cm³/mol. The zero-order chi connectivity index (χ0) is 10.1. The van der Waals surface area contributed by atoms with Gasteiger partial charge in [-0.3, -0.25) is 0 Å². The molecular weight excluding hydrogens is 194 g/mol. The third-order valence-corrected chi connectivity index (χ3v) is 3.26. The zero-order valence-corrected chi connectivity index (χ0v) is 9.38. The highest BCUT2D eigenvalue weighted by Gasteiger charge is 2.05. The number of pyridine rings is 1. The van der Waals surface area contributed by atoms with Crippen LogP contribution < -0.4 is 0 Å². The van der Waals surface area contributed by atoms with Crippen LogP contribution in [0.1, 0.15) is 23.6 Å². The maximum atomic E-state index is 4.29. The first-order valence-electron chi connectivity index (χ1n) is 4.56. The molecule has 0 aromatic carbocycles. The molecule has 0 aliphatic carbocycles. The van der Waals surface area contributed by atoms with Crippen molar-refractivity contribution in [1.82, 2.24) is 14.6 Å². The van der Waals surface area contributed by atoms with E-state index >= 15 is 0 Å². The van der Waals surface area contributed by atoms with Gasteiger partial charge in [0.15, 0.2) is 5.65 Å². The van der Waals surface area contributed by atoms with Crippen molar-refractivity contribution in [2.45, 2.75) is 19.1 Å². The van der Waals surface area contributed by atoms with Crippen molar-refractivity contribution in [3.05, 3.63) is 29.7 Å². The quantitative estimate of drug-likeness (QED) is 0.757. The van der Waals surface area contributed by atoms with Gasteiger partial charge in [0.2, 0.25) is 0 Å². The summed E-state index contributed by atoms with van der Waals surface area (Å²) in [4.78, 5) is 4.28. The highest BCUT2D eigenvalue weighted by molar-refractivity contribution is 7.98. The fourth-order valence-corrected chi connectivity index (χ4v) is 1.80. The summed E-state index contributed by atoms with van der Waals surface area (Å²) < 4.78 is 1.84. The molecule has 2 aromatic rings. The summed E-state index contributed by atoms with van der Waals surface area (Å²) in [5, 5.41) is 4.79. The molecule has 0 amide bonds. The van der Waals surface area contributed by atoms with Crippen molar-refractivity contribution in [3.8, 4) is 0 Å². The van der Waals surface area contributed by atoms with E-state index in [1.165, 1.54) is 5.56 Å². The molecule has 0 saturated carbocycles. The molecule has 0 fully saturated rings. The second-order valence-corrected chi connectivity index (χ2v) is 4.48. The first-order chi connectivity index (χ1) is 6.70. The molecule has 0 radical (unpaired) electrons. The minimum Gasteiger partial charge on any atom is -0.221 e. The molecule has 0 N–H and O–H groups in total. The molecule has 0 saturated heterocycles. The average Bonchev–Trinajstić information content (AvgIpc) is 2.55. The monoisotopic (exact) mass is 207 g/mol. The Hall–Kier alpha value is -1.03. The number of aromatic nitrogens is 3. The maximum absolute atomic E-state index is 4.29. The average molecular weight is 207 g/mol. The van der Waals surface area contributed by atoms with E-state index in [1.54, 1.807) is 0 Å². The van der Waals surface area contributed by atoms with Crippen LogP contribution in [-0.4, -0.2) is 20.9 Å². The lowest BCUT2D eigenvalue weighted by molar-refractivity contribution is 0.909. The van der Waals surface area contributed by atoms with E-state index in [0.29, 0.717) is 5.25 Å². The molecule has 2 aromatic heterocycles. The SMILES string of the molecule is CSC(C)c1ccc2nc(C)nn2c1. The molecule has 0 aliphatic heterocycles. The molecule has 3 nitrogen and oxygen atoms in total. The van der Waals surface area contributed by atoms with Gasteiger partial charge >= 0.3 is 0 Å². The van der Waals surface area contributed by atoms with Crippen LogP contribution in [-0.2, 0) is 0 Å². The molecule has 0 spiro atoms. The zero-order valence-electron chi connectivity index (χ0n) is 8.56. The number of nitrogens with zero attached hydrogens (tertiary/aromatic N) is 3. The normalized spacial score (nSPS) is 13.4. The summed E-state index contributed by atoms with van der Waals surface area (Å²) in [5.74, 6) is 0.818. The summed E-state index contributed by atoms with van der Waals surface area (Å²) in [6.45, 7) is 4.10. The van der Waals surface area contributed by atoms with Crippen LogP contribution in [0.25, 0.3) is 5.65 Å². The summed E-state index contributed by atoms with van der Waals surface area (Å²) >= 11 is 1.83. The largest absolute Gasteiger partial charge is 0.221 e. The number of hydrogen-bond donors (Lipinski definition) is 0. The Morgan fingerprint density at radius 1 is 1.43 bits per heavy atom. The molecule has 2 heterocycles. The highest BCUT2D eigenvalue weighted by atomic mass is 32.2. The number of aryl methyl sites for hydroxylation is 1. The Balaban J connectivity index is 2.50. The van der Waals surface area contributed by atoms with Gasteiger partial charge in [-0.15, -0.1) is 0 Å². The number of rotatable bonds is 2. The van der Waals surface area contributed by atoms with Crippen molar-refractivity contribution in [2.24, 2.45) is 0 Å². The Kier molecular flexibility index (Phi) is 2.46. The lowest BCUT2D eigenvalue weighted by Crippen LogP contribution is -1.93. The van der Waals surface area contributed by atoms with E-state index in [4.69, 9.17) is 0 Å². The van der Waals surface area contributed by atoms with Crippen LogP contribution >= 0.6 is 11.8 Å². The van der Waals surface area contributed by atoms with E-state index in [2.05, 4.69) is 35.5 Å². The summed E-state index contributed by atoms with van der Waals surface area (Å²) in [5.41, 5.74) is 2.20. The smallest absolute Gasteiger partial charge is 0.155 e. The van der Waals surface area contributed by atoms with Crippen molar-refractivity contribution in [3.63, 3.8) is 0 Å². The molecule has 4 heteroatoms. The molecule has 74 valence electrons. The fourth-order valence-electron chi connectivity index (χ4n) is 1.39. The topological polar surface area (TPSA) is 30.2 Å². The first kappa shape index (κ1) is 9.52. The Bertz CT molecular complexity index is 450. The Labute approximate surface area is 87.5 Å². The summed E-state index contributed by atoms with van der Waals surface area (Å²) in [6.07, 6.45) is 4.16. The third kappa shape index (κ3) is 1.62. The summed E-state index contributed by atoms with van der Waals surface area (Å²) in [6, 6.07) is 4.13. The van der Waals surface area contributed by atoms with Crippen LogP contribution in [0.5, 0.6) is 0 Å². The van der Waals surface area contributed by atoms with Gasteiger partial charge in [0.25, 0.3) is 0 Å². The van der Waals surface area contributed by atoms with Gasteiger partial charge in [0.1, 0.15) is 5.82 Å². The predicted octanol–water partition coefficient (Wildman–Crippen LogP) is 2.46. The highest BCUT2D eigenvalue weighted by Crippen LogP contribution is 2.25. The van der Waals surface area contributed by atoms with E-state index in [0.717, 1.165) is 11.5 Å². The van der Waals surface area contributed by atoms with Crippen molar-refractivity contribution in [1.29, 1.82) is 0 Å². The maximum Gasteiger partial charge on any atom is 0.155 e. The van der Waals surface area contributed by atoms with Gasteiger partial charge in [-0.05, 0) is 31.7 Å². The van der Waals surface area contributed by atoms with Gasteiger partial charge < -0.3 is 0 Å². The summed E-state index contributed by atoms with van der Waals surface area (Å²) in [7, 11) is 0. The second-order valence-electron chi connectivity index (χ2n) is 3.30. The molecule has 0 aliphatic rings. The van der Waals surface area contributed by atoms with Gasteiger partial charge in [0.05, 0.1) is 0 Å². The number of fused-ring (bicyclic) bond motifs is 1. The van der Waals surface area contributed by atoms with Gasteiger partial charge in [0, 0.05) is 11.4 Å². The first-order valence-corrected chi connectivity index (χ1v) is 5.85. The lowest BCUT2D eigenvalue weighted by Gasteiger charge is -2.07. The van der Waals surface area contributed by atoms with E-state index in [-0.39, 0.29) is 0 Å². The molecule has 0 bridgehead atoms.